The van der Waals surface area contributed by atoms with Crippen LogP contribution < -0.4 is 10.5 Å². The molecule has 0 spiro atoms. The molecule has 2 aromatic rings. The lowest BCUT2D eigenvalue weighted by Gasteiger charge is -2.10. The van der Waals surface area contributed by atoms with Crippen molar-refractivity contribution < 1.29 is 17.9 Å². The van der Waals surface area contributed by atoms with Crippen molar-refractivity contribution in [2.45, 2.75) is 23.6 Å². The van der Waals surface area contributed by atoms with Gasteiger partial charge in [0.2, 0.25) is 0 Å². The van der Waals surface area contributed by atoms with Gasteiger partial charge in [-0.25, -0.2) is 14.4 Å². The van der Waals surface area contributed by atoms with Gasteiger partial charge >= 0.3 is 6.61 Å². The van der Waals surface area contributed by atoms with Gasteiger partial charge in [0.05, 0.1) is 0 Å². The summed E-state index contributed by atoms with van der Waals surface area (Å²) in [6.45, 7) is -1.28. The minimum Gasteiger partial charge on any atom is -0.432 e. The number of aromatic nitrogens is 2. The SMILES string of the molecule is Cc1cnc(Sc2cc(OC(F)F)c(F)cc2N)nc1. The van der Waals surface area contributed by atoms with Gasteiger partial charge in [0.15, 0.2) is 16.7 Å². The number of nitrogen functional groups attached to an aromatic ring is 1. The average Bonchev–Trinajstić information content (AvgIpc) is 2.37. The van der Waals surface area contributed by atoms with Crippen LogP contribution in [0.1, 0.15) is 5.56 Å². The number of alkyl halides is 2. The first-order chi connectivity index (χ1) is 9.45. The topological polar surface area (TPSA) is 61.0 Å². The molecule has 1 aromatic heterocycles. The van der Waals surface area contributed by atoms with Gasteiger partial charge in [-0.1, -0.05) is 0 Å². The molecule has 0 atom stereocenters. The highest BCUT2D eigenvalue weighted by Gasteiger charge is 2.14. The van der Waals surface area contributed by atoms with Crippen LogP contribution in [-0.4, -0.2) is 16.6 Å². The quantitative estimate of drug-likeness (QED) is 0.694. The normalized spacial score (nSPS) is 10.8. The summed E-state index contributed by atoms with van der Waals surface area (Å²) in [6.07, 6.45) is 3.21. The smallest absolute Gasteiger partial charge is 0.387 e. The summed E-state index contributed by atoms with van der Waals surface area (Å²) in [5, 5.41) is 0.372. The Morgan fingerprint density at radius 2 is 1.90 bits per heavy atom. The molecule has 2 rings (SSSR count). The van der Waals surface area contributed by atoms with Gasteiger partial charge in [-0.05, 0) is 30.3 Å². The lowest BCUT2D eigenvalue weighted by molar-refractivity contribution is -0.0523. The third-order valence-electron chi connectivity index (χ3n) is 2.24. The number of anilines is 1. The van der Waals surface area contributed by atoms with Crippen LogP contribution in [0, 0.1) is 12.7 Å². The van der Waals surface area contributed by atoms with Crippen molar-refractivity contribution in [3.05, 3.63) is 35.9 Å². The minimum atomic E-state index is -3.11. The molecule has 0 unspecified atom stereocenters. The van der Waals surface area contributed by atoms with E-state index in [1.165, 1.54) is 0 Å². The number of ether oxygens (including phenoxy) is 1. The monoisotopic (exact) mass is 301 g/mol. The summed E-state index contributed by atoms with van der Waals surface area (Å²) in [6, 6.07) is 2.03. The largest absolute Gasteiger partial charge is 0.432 e. The summed E-state index contributed by atoms with van der Waals surface area (Å²) in [5.41, 5.74) is 6.61. The zero-order valence-corrected chi connectivity index (χ0v) is 11.1. The second kappa shape index (κ2) is 6.00. The Labute approximate surface area is 117 Å². The first-order valence-corrected chi connectivity index (χ1v) is 6.27. The van der Waals surface area contributed by atoms with E-state index in [1.807, 2.05) is 6.92 Å². The maximum atomic E-state index is 13.4. The van der Waals surface area contributed by atoms with Gasteiger partial charge in [0.1, 0.15) is 0 Å². The Morgan fingerprint density at radius 3 is 2.50 bits per heavy atom. The van der Waals surface area contributed by atoms with E-state index in [0.29, 0.717) is 10.1 Å². The molecule has 1 heterocycles. The van der Waals surface area contributed by atoms with Gasteiger partial charge in [-0.3, -0.25) is 0 Å². The van der Waals surface area contributed by atoms with E-state index in [1.54, 1.807) is 12.4 Å². The molecule has 0 saturated carbocycles. The van der Waals surface area contributed by atoms with Gasteiger partial charge in [-0.15, -0.1) is 0 Å². The molecule has 0 fully saturated rings. The summed E-state index contributed by atoms with van der Waals surface area (Å²) in [5.74, 6) is -1.51. The summed E-state index contributed by atoms with van der Waals surface area (Å²) < 4.78 is 41.8. The molecule has 106 valence electrons. The van der Waals surface area contributed by atoms with Gasteiger partial charge in [0.25, 0.3) is 0 Å². The lowest BCUT2D eigenvalue weighted by Crippen LogP contribution is -2.04. The number of benzene rings is 1. The molecule has 0 amide bonds. The predicted molar refractivity (Wildman–Crippen MR) is 68.3 cm³/mol. The number of hydrogen-bond acceptors (Lipinski definition) is 5. The molecule has 1 aromatic carbocycles. The second-order valence-electron chi connectivity index (χ2n) is 3.84. The van der Waals surface area contributed by atoms with Crippen molar-refractivity contribution in [3.8, 4) is 5.75 Å². The van der Waals surface area contributed by atoms with E-state index in [2.05, 4.69) is 14.7 Å². The Hall–Kier alpha value is -1.96. The maximum absolute atomic E-state index is 13.4. The minimum absolute atomic E-state index is 0.0956. The Balaban J connectivity index is 2.28. The fourth-order valence-electron chi connectivity index (χ4n) is 1.36. The molecular formula is C12H10F3N3OS. The van der Waals surface area contributed by atoms with Crippen molar-refractivity contribution in [1.29, 1.82) is 0 Å². The number of aryl methyl sites for hydroxylation is 1. The molecule has 0 aliphatic rings. The van der Waals surface area contributed by atoms with Crippen molar-refractivity contribution in [3.63, 3.8) is 0 Å². The maximum Gasteiger partial charge on any atom is 0.387 e. The van der Waals surface area contributed by atoms with Gasteiger partial charge < -0.3 is 10.5 Å². The van der Waals surface area contributed by atoms with Crippen LogP contribution in [0.4, 0.5) is 18.9 Å². The molecule has 0 aliphatic heterocycles. The third kappa shape index (κ3) is 3.53. The van der Waals surface area contributed by atoms with Crippen molar-refractivity contribution in [2.75, 3.05) is 5.73 Å². The van der Waals surface area contributed by atoms with Crippen LogP contribution in [0.15, 0.2) is 34.6 Å². The molecule has 20 heavy (non-hydrogen) atoms. The van der Waals surface area contributed by atoms with Crippen LogP contribution in [0.5, 0.6) is 5.75 Å². The van der Waals surface area contributed by atoms with Crippen molar-refractivity contribution >= 4 is 17.4 Å². The fraction of sp³-hybridized carbons (Fsp3) is 0.167. The van der Waals surface area contributed by atoms with Crippen LogP contribution in [0.2, 0.25) is 0 Å². The number of halogens is 3. The fourth-order valence-corrected chi connectivity index (χ4v) is 2.11. The van der Waals surface area contributed by atoms with Crippen LogP contribution in [0.3, 0.4) is 0 Å². The highest BCUT2D eigenvalue weighted by Crippen LogP contribution is 2.35. The van der Waals surface area contributed by atoms with Gasteiger partial charge in [-0.2, -0.15) is 8.78 Å². The molecule has 0 bridgehead atoms. The van der Waals surface area contributed by atoms with Crippen LogP contribution in [-0.2, 0) is 0 Å². The van der Waals surface area contributed by atoms with E-state index in [-0.39, 0.29) is 5.69 Å². The number of nitrogens with two attached hydrogens (primary N) is 1. The van der Waals surface area contributed by atoms with E-state index < -0.39 is 18.2 Å². The Kier molecular flexibility index (Phi) is 4.33. The highest BCUT2D eigenvalue weighted by molar-refractivity contribution is 7.99. The van der Waals surface area contributed by atoms with Crippen molar-refractivity contribution in [2.24, 2.45) is 0 Å². The van der Waals surface area contributed by atoms with Crippen molar-refractivity contribution in [1.82, 2.24) is 9.97 Å². The zero-order valence-electron chi connectivity index (χ0n) is 10.3. The zero-order chi connectivity index (χ0) is 14.7. The van der Waals surface area contributed by atoms with E-state index in [0.717, 1.165) is 29.5 Å². The highest BCUT2D eigenvalue weighted by atomic mass is 32.2. The van der Waals surface area contributed by atoms with Crippen LogP contribution >= 0.6 is 11.8 Å². The van der Waals surface area contributed by atoms with Crippen LogP contribution in [0.25, 0.3) is 0 Å². The third-order valence-corrected chi connectivity index (χ3v) is 3.21. The summed E-state index contributed by atoms with van der Waals surface area (Å²) in [7, 11) is 0. The Morgan fingerprint density at radius 1 is 1.25 bits per heavy atom. The number of rotatable bonds is 4. The molecule has 0 aliphatic carbocycles. The number of nitrogens with zero attached hydrogens (tertiary/aromatic N) is 2. The first kappa shape index (κ1) is 14.4. The molecule has 0 saturated heterocycles. The standard InChI is InChI=1S/C12H10F3N3OS/c1-6-4-17-12(18-5-6)20-10-3-9(19-11(14)15)7(13)2-8(10)16/h2-5,11H,16H2,1H3. The predicted octanol–water partition coefficient (Wildman–Crippen LogP) is 3.26. The molecule has 8 heteroatoms. The molecular weight excluding hydrogens is 291 g/mol. The Bertz CT molecular complexity index is 608. The van der Waals surface area contributed by atoms with E-state index in [9.17, 15) is 13.2 Å². The van der Waals surface area contributed by atoms with E-state index in [4.69, 9.17) is 5.73 Å². The molecule has 4 nitrogen and oxygen atoms in total. The molecule has 2 N–H and O–H groups in total. The first-order valence-electron chi connectivity index (χ1n) is 5.46. The summed E-state index contributed by atoms with van der Waals surface area (Å²) >= 11 is 1.03. The van der Waals surface area contributed by atoms with E-state index >= 15 is 0 Å². The summed E-state index contributed by atoms with van der Waals surface area (Å²) in [4.78, 5) is 8.42. The number of hydrogen-bond donors (Lipinski definition) is 1. The average molecular weight is 301 g/mol. The molecule has 0 radical (unpaired) electrons. The van der Waals surface area contributed by atoms with Gasteiger partial charge in [0, 0.05) is 29.0 Å². The second-order valence-corrected chi connectivity index (χ2v) is 4.85. The lowest BCUT2D eigenvalue weighted by atomic mass is 10.3.